The summed E-state index contributed by atoms with van der Waals surface area (Å²) < 4.78 is 0. The standard InChI is InChI=1S/C17H36N2O3/c18-16-14-12-10-8-6-4-2-1-3-5-7-9-11-13-15-17-22-19(20)21/h1-18H2. The van der Waals surface area contributed by atoms with Crippen molar-refractivity contribution in [1.29, 1.82) is 0 Å². The highest BCUT2D eigenvalue weighted by molar-refractivity contribution is 4.50. The Labute approximate surface area is 136 Å². The van der Waals surface area contributed by atoms with Crippen LogP contribution in [0.25, 0.3) is 0 Å². The third-order valence-electron chi connectivity index (χ3n) is 4.05. The topological polar surface area (TPSA) is 78.4 Å². The monoisotopic (exact) mass is 316 g/mol. The normalized spacial score (nSPS) is 10.8. The van der Waals surface area contributed by atoms with E-state index in [-0.39, 0.29) is 6.61 Å². The Morgan fingerprint density at radius 2 is 0.955 bits per heavy atom. The van der Waals surface area contributed by atoms with Gasteiger partial charge in [0, 0.05) is 0 Å². The van der Waals surface area contributed by atoms with E-state index in [4.69, 9.17) is 5.73 Å². The second-order valence-corrected chi connectivity index (χ2v) is 6.15. The minimum atomic E-state index is -0.708. The van der Waals surface area contributed by atoms with Crippen molar-refractivity contribution >= 4 is 0 Å². The van der Waals surface area contributed by atoms with Gasteiger partial charge in [-0.2, -0.15) is 0 Å². The molecule has 132 valence electrons. The Balaban J connectivity index is 2.95. The van der Waals surface area contributed by atoms with Crippen LogP contribution in [-0.2, 0) is 4.84 Å². The Kier molecular flexibility index (Phi) is 17.5. The molecule has 0 aliphatic rings. The molecule has 5 nitrogen and oxygen atoms in total. The number of nitrogens with zero attached hydrogens (tertiary/aromatic N) is 1. The van der Waals surface area contributed by atoms with Crippen LogP contribution in [-0.4, -0.2) is 18.2 Å². The molecule has 0 saturated heterocycles. The number of nitrogens with two attached hydrogens (primary N) is 1. The average molecular weight is 316 g/mol. The Morgan fingerprint density at radius 3 is 1.27 bits per heavy atom. The third-order valence-corrected chi connectivity index (χ3v) is 4.05. The molecule has 0 amide bonds. The Hall–Kier alpha value is -0.840. The van der Waals surface area contributed by atoms with Gasteiger partial charge in [0.1, 0.15) is 0 Å². The quantitative estimate of drug-likeness (QED) is 0.219. The maximum absolute atomic E-state index is 9.94. The summed E-state index contributed by atoms with van der Waals surface area (Å²) in [6, 6.07) is 0. The molecule has 0 bridgehead atoms. The molecule has 0 atom stereocenters. The van der Waals surface area contributed by atoms with E-state index in [9.17, 15) is 10.1 Å². The van der Waals surface area contributed by atoms with Crippen LogP contribution in [0.5, 0.6) is 0 Å². The highest BCUT2D eigenvalue weighted by Gasteiger charge is 1.96. The van der Waals surface area contributed by atoms with Gasteiger partial charge in [0.2, 0.25) is 0 Å². The molecule has 0 heterocycles. The van der Waals surface area contributed by atoms with Crippen molar-refractivity contribution in [2.75, 3.05) is 13.2 Å². The molecule has 2 N–H and O–H groups in total. The van der Waals surface area contributed by atoms with Crippen molar-refractivity contribution in [1.82, 2.24) is 0 Å². The predicted molar refractivity (Wildman–Crippen MR) is 91.3 cm³/mol. The van der Waals surface area contributed by atoms with Crippen molar-refractivity contribution in [2.45, 2.75) is 96.3 Å². The molecule has 0 aromatic carbocycles. The van der Waals surface area contributed by atoms with Crippen molar-refractivity contribution in [3.8, 4) is 0 Å². The summed E-state index contributed by atoms with van der Waals surface area (Å²) >= 11 is 0. The summed E-state index contributed by atoms with van der Waals surface area (Å²) in [7, 11) is 0. The SMILES string of the molecule is NCCCCCCCCCCCCCCCCCO[N+](=O)[O-]. The molecule has 0 unspecified atom stereocenters. The van der Waals surface area contributed by atoms with Gasteiger partial charge < -0.3 is 10.6 Å². The Bertz CT molecular complexity index is 238. The van der Waals surface area contributed by atoms with Gasteiger partial charge in [-0.3, -0.25) is 0 Å². The zero-order valence-electron chi connectivity index (χ0n) is 14.3. The highest BCUT2D eigenvalue weighted by atomic mass is 16.9. The molecule has 0 radical (unpaired) electrons. The van der Waals surface area contributed by atoms with Gasteiger partial charge in [-0.15, -0.1) is 10.1 Å². The summed E-state index contributed by atoms with van der Waals surface area (Å²) in [5, 5.41) is 9.23. The Morgan fingerprint density at radius 1 is 0.636 bits per heavy atom. The average Bonchev–Trinajstić information content (AvgIpc) is 2.50. The summed E-state index contributed by atoms with van der Waals surface area (Å²) in [6.45, 7) is 1.09. The second-order valence-electron chi connectivity index (χ2n) is 6.15. The van der Waals surface area contributed by atoms with Crippen LogP contribution in [0.4, 0.5) is 0 Å². The molecule has 22 heavy (non-hydrogen) atoms. The van der Waals surface area contributed by atoms with Gasteiger partial charge in [-0.25, -0.2) is 0 Å². The number of rotatable bonds is 18. The van der Waals surface area contributed by atoms with Gasteiger partial charge in [-0.05, 0) is 19.4 Å². The van der Waals surface area contributed by atoms with Gasteiger partial charge in [0.15, 0.2) is 0 Å². The van der Waals surface area contributed by atoms with E-state index in [0.29, 0.717) is 0 Å². The maximum Gasteiger partial charge on any atom is 0.294 e. The van der Waals surface area contributed by atoms with Gasteiger partial charge in [-0.1, -0.05) is 83.5 Å². The molecule has 0 aliphatic heterocycles. The third kappa shape index (κ3) is 19.2. The first kappa shape index (κ1) is 21.2. The van der Waals surface area contributed by atoms with E-state index in [0.717, 1.165) is 19.4 Å². The molecule has 0 saturated carbocycles. The zero-order chi connectivity index (χ0) is 16.3. The van der Waals surface area contributed by atoms with Gasteiger partial charge in [0.25, 0.3) is 5.09 Å². The highest BCUT2D eigenvalue weighted by Crippen LogP contribution is 2.13. The summed E-state index contributed by atoms with van der Waals surface area (Å²) in [4.78, 5) is 14.2. The van der Waals surface area contributed by atoms with Crippen molar-refractivity contribution in [3.63, 3.8) is 0 Å². The van der Waals surface area contributed by atoms with E-state index in [1.165, 1.54) is 83.5 Å². The van der Waals surface area contributed by atoms with Crippen LogP contribution >= 0.6 is 0 Å². The smallest absolute Gasteiger partial charge is 0.294 e. The predicted octanol–water partition coefficient (Wildman–Crippen LogP) is 5.00. The summed E-state index contributed by atoms with van der Waals surface area (Å²) in [6.07, 6.45) is 19.0. The van der Waals surface area contributed by atoms with Crippen molar-refractivity contribution < 1.29 is 9.92 Å². The van der Waals surface area contributed by atoms with Crippen molar-refractivity contribution in [2.24, 2.45) is 5.73 Å². The molecular weight excluding hydrogens is 280 g/mol. The van der Waals surface area contributed by atoms with Gasteiger partial charge in [0.05, 0.1) is 6.61 Å². The molecular formula is C17H36N2O3. The van der Waals surface area contributed by atoms with E-state index in [1.54, 1.807) is 0 Å². The van der Waals surface area contributed by atoms with E-state index in [2.05, 4.69) is 4.84 Å². The van der Waals surface area contributed by atoms with Crippen LogP contribution in [0.2, 0.25) is 0 Å². The second kappa shape index (κ2) is 18.2. The van der Waals surface area contributed by atoms with Crippen LogP contribution in [0.1, 0.15) is 96.3 Å². The molecule has 5 heteroatoms. The van der Waals surface area contributed by atoms with E-state index in [1.807, 2.05) is 0 Å². The molecule has 0 rings (SSSR count). The summed E-state index contributed by atoms with van der Waals surface area (Å²) in [5.74, 6) is 0. The molecule has 0 aromatic rings. The molecule has 0 fully saturated rings. The number of unbranched alkanes of at least 4 members (excludes halogenated alkanes) is 14. The summed E-state index contributed by atoms with van der Waals surface area (Å²) in [5.41, 5.74) is 5.47. The lowest BCUT2D eigenvalue weighted by atomic mass is 10.0. The first-order valence-corrected chi connectivity index (χ1v) is 9.24. The first-order chi connectivity index (χ1) is 10.8. The largest absolute Gasteiger partial charge is 0.330 e. The van der Waals surface area contributed by atoms with Crippen molar-refractivity contribution in [3.05, 3.63) is 10.1 Å². The van der Waals surface area contributed by atoms with Gasteiger partial charge >= 0.3 is 0 Å². The molecule has 0 aliphatic carbocycles. The lowest BCUT2D eigenvalue weighted by molar-refractivity contribution is -0.757. The lowest BCUT2D eigenvalue weighted by Crippen LogP contribution is -2.01. The fourth-order valence-corrected chi connectivity index (χ4v) is 2.68. The van der Waals surface area contributed by atoms with E-state index < -0.39 is 5.09 Å². The van der Waals surface area contributed by atoms with E-state index >= 15 is 0 Å². The molecule has 0 aromatic heterocycles. The van der Waals surface area contributed by atoms with Crippen LogP contribution in [0.3, 0.4) is 0 Å². The number of hydrogen-bond acceptors (Lipinski definition) is 4. The van der Waals surface area contributed by atoms with Crippen LogP contribution < -0.4 is 5.73 Å². The van der Waals surface area contributed by atoms with Crippen LogP contribution in [0, 0.1) is 10.1 Å². The maximum atomic E-state index is 9.94. The molecule has 0 spiro atoms. The van der Waals surface area contributed by atoms with Crippen LogP contribution in [0.15, 0.2) is 0 Å². The number of hydrogen-bond donors (Lipinski definition) is 1. The first-order valence-electron chi connectivity index (χ1n) is 9.24. The lowest BCUT2D eigenvalue weighted by Gasteiger charge is -2.03. The fourth-order valence-electron chi connectivity index (χ4n) is 2.68. The zero-order valence-corrected chi connectivity index (χ0v) is 14.3. The minimum absolute atomic E-state index is 0.249. The minimum Gasteiger partial charge on any atom is -0.330 e. The fraction of sp³-hybridized carbons (Fsp3) is 1.00.